The molecule has 0 fully saturated rings. The summed E-state index contributed by atoms with van der Waals surface area (Å²) in [4.78, 5) is 6.52. The predicted octanol–water partition coefficient (Wildman–Crippen LogP) is 3.67. The summed E-state index contributed by atoms with van der Waals surface area (Å²) in [5.74, 6) is 0. The molecule has 0 saturated carbocycles. The first kappa shape index (κ1) is 12.3. The molecule has 0 amide bonds. The summed E-state index contributed by atoms with van der Waals surface area (Å²) in [5, 5.41) is 0.573. The van der Waals surface area contributed by atoms with Crippen LogP contribution < -0.4 is 4.90 Å². The van der Waals surface area contributed by atoms with Crippen molar-refractivity contribution in [1.29, 1.82) is 0 Å². The van der Waals surface area contributed by atoms with E-state index in [0.717, 1.165) is 25.9 Å². The second kappa shape index (κ2) is 5.96. The average molecular weight is 227 g/mol. The van der Waals surface area contributed by atoms with Gasteiger partial charge in [0.1, 0.15) is 5.15 Å². The summed E-state index contributed by atoms with van der Waals surface area (Å²) >= 11 is 5.85. The number of anilines is 1. The maximum Gasteiger partial charge on any atom is 0.129 e. The molecule has 0 aliphatic rings. The number of nitrogens with zero attached hydrogens (tertiary/aromatic N) is 2. The number of pyridine rings is 1. The molecule has 84 valence electrons. The van der Waals surface area contributed by atoms with Gasteiger partial charge in [0.15, 0.2) is 0 Å². The predicted molar refractivity (Wildman–Crippen MR) is 66.8 cm³/mol. The summed E-state index contributed by atoms with van der Waals surface area (Å²) in [7, 11) is 0. The fraction of sp³-hybridized carbons (Fsp3) is 0.583. The molecule has 0 unspecified atom stereocenters. The molecule has 0 N–H and O–H groups in total. The molecule has 2 nitrogen and oxygen atoms in total. The smallest absolute Gasteiger partial charge is 0.129 e. The van der Waals surface area contributed by atoms with Crippen LogP contribution >= 0.6 is 11.6 Å². The average Bonchev–Trinajstić information content (AvgIpc) is 2.17. The van der Waals surface area contributed by atoms with Crippen LogP contribution in [0, 0.1) is 6.92 Å². The first-order valence-electron chi connectivity index (χ1n) is 5.56. The number of halogens is 1. The van der Waals surface area contributed by atoms with Crippen molar-refractivity contribution in [3.8, 4) is 0 Å². The largest absolute Gasteiger partial charge is 0.370 e. The third-order valence-corrected chi connectivity index (χ3v) is 2.58. The molecule has 15 heavy (non-hydrogen) atoms. The Morgan fingerprint density at radius 1 is 1.27 bits per heavy atom. The Labute approximate surface area is 97.3 Å². The third kappa shape index (κ3) is 3.38. The van der Waals surface area contributed by atoms with Gasteiger partial charge >= 0.3 is 0 Å². The maximum atomic E-state index is 5.85. The number of rotatable bonds is 5. The van der Waals surface area contributed by atoms with Gasteiger partial charge in [0.25, 0.3) is 0 Å². The van der Waals surface area contributed by atoms with Gasteiger partial charge in [-0.05, 0) is 31.4 Å². The highest BCUT2D eigenvalue weighted by molar-refractivity contribution is 6.29. The summed E-state index contributed by atoms with van der Waals surface area (Å²) < 4.78 is 0. The van der Waals surface area contributed by atoms with Gasteiger partial charge in [0.05, 0.1) is 11.9 Å². The summed E-state index contributed by atoms with van der Waals surface area (Å²) in [5.41, 5.74) is 2.42. The van der Waals surface area contributed by atoms with Crippen LogP contribution in [-0.2, 0) is 0 Å². The standard InChI is InChI=1S/C12H19ClN2/c1-4-6-15(7-5-2)11-9-14-12(13)8-10(11)3/h8-9H,4-7H2,1-3H3. The van der Waals surface area contributed by atoms with E-state index in [2.05, 4.69) is 30.7 Å². The molecule has 0 atom stereocenters. The van der Waals surface area contributed by atoms with Gasteiger partial charge in [-0.1, -0.05) is 25.4 Å². The van der Waals surface area contributed by atoms with E-state index in [4.69, 9.17) is 11.6 Å². The molecule has 0 aliphatic heterocycles. The number of aryl methyl sites for hydroxylation is 1. The molecule has 0 spiro atoms. The highest BCUT2D eigenvalue weighted by Crippen LogP contribution is 2.21. The van der Waals surface area contributed by atoms with Crippen LogP contribution in [0.5, 0.6) is 0 Å². The molecular formula is C12H19ClN2. The minimum Gasteiger partial charge on any atom is -0.370 e. The fourth-order valence-electron chi connectivity index (χ4n) is 1.74. The highest BCUT2D eigenvalue weighted by Gasteiger charge is 2.08. The van der Waals surface area contributed by atoms with E-state index < -0.39 is 0 Å². The summed E-state index contributed by atoms with van der Waals surface area (Å²) in [6.45, 7) is 8.64. The Bertz CT molecular complexity index is 306. The van der Waals surface area contributed by atoms with Crippen molar-refractivity contribution in [1.82, 2.24) is 4.98 Å². The molecule has 1 rings (SSSR count). The fourth-order valence-corrected chi connectivity index (χ4v) is 1.95. The van der Waals surface area contributed by atoms with Crippen molar-refractivity contribution < 1.29 is 0 Å². The highest BCUT2D eigenvalue weighted by atomic mass is 35.5. The van der Waals surface area contributed by atoms with Crippen molar-refractivity contribution in [2.45, 2.75) is 33.6 Å². The van der Waals surface area contributed by atoms with Crippen LogP contribution in [0.3, 0.4) is 0 Å². The van der Waals surface area contributed by atoms with Crippen molar-refractivity contribution in [2.24, 2.45) is 0 Å². The third-order valence-electron chi connectivity index (χ3n) is 2.38. The molecular weight excluding hydrogens is 208 g/mol. The second-order valence-corrected chi connectivity index (χ2v) is 4.17. The lowest BCUT2D eigenvalue weighted by atomic mass is 10.2. The Balaban J connectivity index is 2.89. The van der Waals surface area contributed by atoms with Gasteiger partial charge < -0.3 is 4.90 Å². The van der Waals surface area contributed by atoms with Crippen LogP contribution in [0.25, 0.3) is 0 Å². The Morgan fingerprint density at radius 3 is 2.33 bits per heavy atom. The zero-order chi connectivity index (χ0) is 11.3. The number of hydrogen-bond donors (Lipinski definition) is 0. The van der Waals surface area contributed by atoms with E-state index in [9.17, 15) is 0 Å². The van der Waals surface area contributed by atoms with Crippen molar-refractivity contribution in [3.05, 3.63) is 23.0 Å². The molecule has 0 saturated heterocycles. The summed E-state index contributed by atoms with van der Waals surface area (Å²) in [6, 6.07) is 1.93. The number of hydrogen-bond acceptors (Lipinski definition) is 2. The van der Waals surface area contributed by atoms with Crippen molar-refractivity contribution >= 4 is 17.3 Å². The molecule has 1 aromatic rings. The van der Waals surface area contributed by atoms with Gasteiger partial charge in [0.2, 0.25) is 0 Å². The van der Waals surface area contributed by atoms with E-state index in [1.54, 1.807) is 0 Å². The topological polar surface area (TPSA) is 16.1 Å². The van der Waals surface area contributed by atoms with Crippen LogP contribution in [-0.4, -0.2) is 18.1 Å². The van der Waals surface area contributed by atoms with Crippen LogP contribution in [0.4, 0.5) is 5.69 Å². The minimum atomic E-state index is 0.573. The molecule has 3 heteroatoms. The first-order valence-corrected chi connectivity index (χ1v) is 5.94. The molecule has 0 bridgehead atoms. The molecule has 0 aliphatic carbocycles. The Hall–Kier alpha value is -0.760. The molecule has 1 aromatic heterocycles. The van der Waals surface area contributed by atoms with E-state index in [1.165, 1.54) is 11.3 Å². The van der Waals surface area contributed by atoms with Crippen LogP contribution in [0.1, 0.15) is 32.3 Å². The minimum absolute atomic E-state index is 0.573. The van der Waals surface area contributed by atoms with Gasteiger partial charge in [-0.25, -0.2) is 4.98 Å². The molecule has 1 heterocycles. The monoisotopic (exact) mass is 226 g/mol. The SMILES string of the molecule is CCCN(CCC)c1cnc(Cl)cc1C. The lowest BCUT2D eigenvalue weighted by Crippen LogP contribution is -2.25. The normalized spacial score (nSPS) is 10.4. The van der Waals surface area contributed by atoms with E-state index in [1.807, 2.05) is 12.3 Å². The number of aromatic nitrogens is 1. The van der Waals surface area contributed by atoms with Crippen molar-refractivity contribution in [2.75, 3.05) is 18.0 Å². The zero-order valence-electron chi connectivity index (χ0n) is 9.76. The van der Waals surface area contributed by atoms with Gasteiger partial charge in [0, 0.05) is 13.1 Å². The quantitative estimate of drug-likeness (QED) is 0.713. The van der Waals surface area contributed by atoms with Crippen LogP contribution in [0.2, 0.25) is 5.15 Å². The Morgan fingerprint density at radius 2 is 1.87 bits per heavy atom. The lowest BCUT2D eigenvalue weighted by molar-refractivity contribution is 0.741. The van der Waals surface area contributed by atoms with Crippen molar-refractivity contribution in [3.63, 3.8) is 0 Å². The molecule has 0 aromatic carbocycles. The maximum absolute atomic E-state index is 5.85. The second-order valence-electron chi connectivity index (χ2n) is 3.78. The van der Waals surface area contributed by atoms with E-state index in [0.29, 0.717) is 5.15 Å². The van der Waals surface area contributed by atoms with Gasteiger partial charge in [-0.2, -0.15) is 0 Å². The van der Waals surface area contributed by atoms with E-state index in [-0.39, 0.29) is 0 Å². The zero-order valence-corrected chi connectivity index (χ0v) is 10.5. The van der Waals surface area contributed by atoms with Gasteiger partial charge in [-0.15, -0.1) is 0 Å². The Kier molecular flexibility index (Phi) is 4.89. The van der Waals surface area contributed by atoms with Gasteiger partial charge in [-0.3, -0.25) is 0 Å². The summed E-state index contributed by atoms with van der Waals surface area (Å²) in [6.07, 6.45) is 4.19. The van der Waals surface area contributed by atoms with Crippen LogP contribution in [0.15, 0.2) is 12.3 Å². The molecule has 0 radical (unpaired) electrons. The lowest BCUT2D eigenvalue weighted by Gasteiger charge is -2.25. The van der Waals surface area contributed by atoms with E-state index >= 15 is 0 Å². The first-order chi connectivity index (χ1) is 7.19.